The summed E-state index contributed by atoms with van der Waals surface area (Å²) in [4.78, 5) is 20.4. The summed E-state index contributed by atoms with van der Waals surface area (Å²) >= 11 is 0. The molecule has 0 fully saturated rings. The quantitative estimate of drug-likeness (QED) is 0.453. The van der Waals surface area contributed by atoms with Crippen LogP contribution in [0.15, 0.2) is 61.2 Å². The van der Waals surface area contributed by atoms with Crippen LogP contribution >= 0.6 is 12.4 Å². The lowest BCUT2D eigenvalue weighted by molar-refractivity contribution is -0.122. The topological polar surface area (TPSA) is 84.2 Å². The maximum atomic E-state index is 12.2. The summed E-state index contributed by atoms with van der Waals surface area (Å²) in [6.07, 6.45) is 2.49. The lowest BCUT2D eigenvalue weighted by Gasteiger charge is -2.10. The Bertz CT molecular complexity index is 1260. The van der Waals surface area contributed by atoms with E-state index in [4.69, 9.17) is 0 Å². The van der Waals surface area contributed by atoms with Gasteiger partial charge in [0.2, 0.25) is 0 Å². The van der Waals surface area contributed by atoms with Crippen molar-refractivity contribution in [3.05, 3.63) is 66.9 Å². The molecule has 4 aromatic rings. The molecule has 0 unspecified atom stereocenters. The van der Waals surface area contributed by atoms with E-state index in [1.165, 1.54) is 0 Å². The number of amides is 2. The Morgan fingerprint density at radius 3 is 2.62 bits per heavy atom. The van der Waals surface area contributed by atoms with Gasteiger partial charge in [0.25, 0.3) is 0 Å². The first kappa shape index (κ1) is 23.0. The van der Waals surface area contributed by atoms with Crippen LogP contribution in [-0.4, -0.2) is 38.3 Å². The van der Waals surface area contributed by atoms with Crippen molar-refractivity contribution in [2.45, 2.75) is 13.1 Å². The van der Waals surface area contributed by atoms with Crippen molar-refractivity contribution in [3.63, 3.8) is 0 Å². The number of nitrogens with one attached hydrogen (secondary N) is 2. The summed E-state index contributed by atoms with van der Waals surface area (Å²) in [5.74, 6) is 0. The largest absolute Gasteiger partial charge is 0.405 e. The number of carbonyl (C=O) groups excluding carboxylic acids is 1. The number of aryl methyl sites for hydroxylation is 1. The van der Waals surface area contributed by atoms with Crippen molar-refractivity contribution in [3.8, 4) is 22.3 Å². The summed E-state index contributed by atoms with van der Waals surface area (Å²) in [5.41, 5.74) is 5.12. The van der Waals surface area contributed by atoms with Gasteiger partial charge in [0, 0.05) is 41.1 Å². The molecule has 2 N–H and O–H groups in total. The number of benzene rings is 1. The molecule has 0 saturated heterocycles. The first-order chi connectivity index (χ1) is 14.8. The maximum absolute atomic E-state index is 12.2. The van der Waals surface area contributed by atoms with E-state index >= 15 is 0 Å². The second-order valence-electron chi connectivity index (χ2n) is 6.86. The molecule has 0 saturated carbocycles. The van der Waals surface area contributed by atoms with Crippen molar-refractivity contribution >= 4 is 29.8 Å². The van der Waals surface area contributed by atoms with Crippen LogP contribution in [0.5, 0.6) is 0 Å². The van der Waals surface area contributed by atoms with Gasteiger partial charge in [-0.1, -0.05) is 12.1 Å². The molecule has 0 aliphatic carbocycles. The maximum Gasteiger partial charge on any atom is 0.405 e. The van der Waals surface area contributed by atoms with Crippen LogP contribution in [0.1, 0.15) is 5.69 Å². The predicted molar refractivity (Wildman–Crippen MR) is 117 cm³/mol. The summed E-state index contributed by atoms with van der Waals surface area (Å²) in [6.45, 7) is 0.502. The highest BCUT2D eigenvalue weighted by molar-refractivity contribution is 5.90. The summed E-state index contributed by atoms with van der Waals surface area (Å²) in [7, 11) is 0. The third kappa shape index (κ3) is 5.33. The smallest absolute Gasteiger partial charge is 0.329 e. The molecule has 0 bridgehead atoms. The van der Waals surface area contributed by atoms with Crippen molar-refractivity contribution in [2.75, 3.05) is 11.9 Å². The number of hydrogen-bond acceptors (Lipinski definition) is 4. The van der Waals surface area contributed by atoms with Gasteiger partial charge in [-0.3, -0.25) is 4.98 Å². The molecular formula is C21H18ClF3N6O. The fourth-order valence-corrected chi connectivity index (χ4v) is 3.07. The Kier molecular flexibility index (Phi) is 6.64. The molecular weight excluding hydrogens is 445 g/mol. The monoisotopic (exact) mass is 462 g/mol. The SMILES string of the molecule is Cc1cc(-c2cnc3c(-c4cccc(NC(=O)NCC(F)(F)F)c4)cnn3c2)ccn1.Cl. The van der Waals surface area contributed by atoms with E-state index in [0.717, 1.165) is 22.4 Å². The molecule has 3 heterocycles. The Hall–Kier alpha value is -3.66. The molecule has 1 aromatic carbocycles. The van der Waals surface area contributed by atoms with E-state index in [1.807, 2.05) is 25.3 Å². The van der Waals surface area contributed by atoms with E-state index in [-0.39, 0.29) is 12.4 Å². The zero-order valence-electron chi connectivity index (χ0n) is 16.7. The summed E-state index contributed by atoms with van der Waals surface area (Å²) < 4.78 is 38.4. The average Bonchev–Trinajstić information content (AvgIpc) is 3.15. The van der Waals surface area contributed by atoms with Gasteiger partial charge in [0.15, 0.2) is 5.65 Å². The second-order valence-corrected chi connectivity index (χ2v) is 6.86. The number of fused-ring (bicyclic) bond motifs is 1. The minimum atomic E-state index is -4.48. The highest BCUT2D eigenvalue weighted by Gasteiger charge is 2.27. The third-order valence-corrected chi connectivity index (χ3v) is 4.47. The van der Waals surface area contributed by atoms with E-state index in [9.17, 15) is 18.0 Å². The first-order valence-electron chi connectivity index (χ1n) is 9.27. The number of urea groups is 1. The van der Waals surface area contributed by atoms with Crippen LogP contribution in [-0.2, 0) is 0 Å². The van der Waals surface area contributed by atoms with E-state index < -0.39 is 18.8 Å². The van der Waals surface area contributed by atoms with Gasteiger partial charge < -0.3 is 10.6 Å². The van der Waals surface area contributed by atoms with Gasteiger partial charge in [0.1, 0.15) is 6.54 Å². The molecule has 0 atom stereocenters. The predicted octanol–water partition coefficient (Wildman–Crippen LogP) is 4.87. The van der Waals surface area contributed by atoms with Crippen LogP contribution in [0.25, 0.3) is 27.9 Å². The number of aromatic nitrogens is 4. The molecule has 11 heteroatoms. The number of rotatable bonds is 4. The van der Waals surface area contributed by atoms with E-state index in [1.54, 1.807) is 52.7 Å². The first-order valence-corrected chi connectivity index (χ1v) is 9.27. The molecule has 32 heavy (non-hydrogen) atoms. The number of carbonyl (C=O) groups is 1. The minimum absolute atomic E-state index is 0. The molecule has 3 aromatic heterocycles. The van der Waals surface area contributed by atoms with Crippen LogP contribution in [0.3, 0.4) is 0 Å². The highest BCUT2D eigenvalue weighted by Crippen LogP contribution is 2.27. The summed E-state index contributed by atoms with van der Waals surface area (Å²) in [6, 6.07) is 9.62. The van der Waals surface area contributed by atoms with Gasteiger partial charge in [0.05, 0.1) is 6.20 Å². The normalized spacial score (nSPS) is 11.1. The van der Waals surface area contributed by atoms with Crippen molar-refractivity contribution in [1.82, 2.24) is 24.9 Å². The van der Waals surface area contributed by atoms with Gasteiger partial charge in [-0.2, -0.15) is 18.3 Å². The zero-order chi connectivity index (χ0) is 22.0. The number of anilines is 1. The number of hydrogen-bond donors (Lipinski definition) is 2. The van der Waals surface area contributed by atoms with Crippen molar-refractivity contribution < 1.29 is 18.0 Å². The van der Waals surface area contributed by atoms with Crippen molar-refractivity contribution in [1.29, 1.82) is 0 Å². The number of pyridine rings is 1. The van der Waals surface area contributed by atoms with Crippen LogP contribution < -0.4 is 10.6 Å². The Balaban J connectivity index is 0.00000289. The number of alkyl halides is 3. The highest BCUT2D eigenvalue weighted by atomic mass is 35.5. The molecule has 0 aliphatic heterocycles. The van der Waals surface area contributed by atoms with Gasteiger partial charge in [-0.15, -0.1) is 12.4 Å². The van der Waals surface area contributed by atoms with Crippen LogP contribution in [0.4, 0.5) is 23.7 Å². The second kappa shape index (κ2) is 9.23. The number of nitrogens with zero attached hydrogens (tertiary/aromatic N) is 4. The average molecular weight is 463 g/mol. The molecule has 0 aliphatic rings. The Morgan fingerprint density at radius 1 is 1.06 bits per heavy atom. The van der Waals surface area contributed by atoms with E-state index in [0.29, 0.717) is 16.9 Å². The molecule has 4 rings (SSSR count). The Morgan fingerprint density at radius 2 is 1.88 bits per heavy atom. The van der Waals surface area contributed by atoms with Gasteiger partial charge >= 0.3 is 12.2 Å². The van der Waals surface area contributed by atoms with Crippen LogP contribution in [0, 0.1) is 6.92 Å². The van der Waals surface area contributed by atoms with Gasteiger partial charge in [-0.05, 0) is 42.3 Å². The lowest BCUT2D eigenvalue weighted by Crippen LogP contribution is -2.36. The van der Waals surface area contributed by atoms with Crippen molar-refractivity contribution in [2.24, 2.45) is 0 Å². The van der Waals surface area contributed by atoms with Gasteiger partial charge in [-0.25, -0.2) is 14.3 Å². The zero-order valence-corrected chi connectivity index (χ0v) is 17.5. The molecule has 166 valence electrons. The minimum Gasteiger partial charge on any atom is -0.329 e. The third-order valence-electron chi connectivity index (χ3n) is 4.47. The summed E-state index contributed by atoms with van der Waals surface area (Å²) in [5, 5.41) is 8.53. The standard InChI is InChI=1S/C21H17F3N6O.ClH/c1-13-7-14(5-6-25-13)16-9-26-19-18(10-28-30(19)11-16)15-3-2-4-17(8-15)29-20(31)27-12-21(22,23)24;/h2-11H,12H2,1H3,(H2,27,29,31);1H. The molecule has 2 amide bonds. The number of halogens is 4. The van der Waals surface area contributed by atoms with E-state index in [2.05, 4.69) is 20.4 Å². The fraction of sp³-hybridized carbons (Fsp3) is 0.143. The Labute approximate surface area is 187 Å². The fourth-order valence-electron chi connectivity index (χ4n) is 3.07. The molecule has 0 spiro atoms. The molecule has 0 radical (unpaired) electrons. The molecule has 7 nitrogen and oxygen atoms in total. The van der Waals surface area contributed by atoms with Crippen LogP contribution in [0.2, 0.25) is 0 Å². The lowest BCUT2D eigenvalue weighted by atomic mass is 10.1.